The molecule has 0 aliphatic heterocycles. The zero-order valence-corrected chi connectivity index (χ0v) is 9.09. The van der Waals surface area contributed by atoms with E-state index in [2.05, 4.69) is 4.98 Å². The van der Waals surface area contributed by atoms with E-state index in [0.717, 1.165) is 10.4 Å². The maximum atomic E-state index is 13.0. The van der Waals surface area contributed by atoms with Crippen molar-refractivity contribution in [3.63, 3.8) is 0 Å². The molecule has 0 spiro atoms. The number of rotatable bonds is 2. The molecule has 15 heavy (non-hydrogen) atoms. The van der Waals surface area contributed by atoms with Gasteiger partial charge in [0.15, 0.2) is 0 Å². The third kappa shape index (κ3) is 2.06. The molecule has 0 saturated heterocycles. The first kappa shape index (κ1) is 10.3. The van der Waals surface area contributed by atoms with Crippen molar-refractivity contribution in [2.75, 3.05) is 0 Å². The van der Waals surface area contributed by atoms with Crippen LogP contribution in [0.1, 0.15) is 22.0 Å². The standard InChI is InChI=1S/C11H11FN2S/c1-7-10(2-3-15-7)11(13)8-4-9(12)6-14-5-8/h2-6,11H,13H2,1H3. The lowest BCUT2D eigenvalue weighted by Gasteiger charge is -2.11. The Labute approximate surface area is 91.6 Å². The Balaban J connectivity index is 2.36. The lowest BCUT2D eigenvalue weighted by Crippen LogP contribution is -2.12. The first-order valence-electron chi connectivity index (χ1n) is 4.58. The summed E-state index contributed by atoms with van der Waals surface area (Å²) in [4.78, 5) is 4.95. The van der Waals surface area contributed by atoms with Crippen molar-refractivity contribution in [3.05, 3.63) is 51.7 Å². The molecule has 2 rings (SSSR count). The molecule has 2 N–H and O–H groups in total. The van der Waals surface area contributed by atoms with Gasteiger partial charge >= 0.3 is 0 Å². The van der Waals surface area contributed by atoms with Crippen LogP contribution in [0, 0.1) is 12.7 Å². The second-order valence-electron chi connectivity index (χ2n) is 3.35. The molecule has 2 nitrogen and oxygen atoms in total. The molecule has 0 amide bonds. The lowest BCUT2D eigenvalue weighted by molar-refractivity contribution is 0.616. The van der Waals surface area contributed by atoms with Crippen molar-refractivity contribution >= 4 is 11.3 Å². The van der Waals surface area contributed by atoms with Gasteiger partial charge in [-0.1, -0.05) is 0 Å². The molecule has 78 valence electrons. The van der Waals surface area contributed by atoms with Crippen LogP contribution in [0.2, 0.25) is 0 Å². The summed E-state index contributed by atoms with van der Waals surface area (Å²) in [7, 11) is 0. The largest absolute Gasteiger partial charge is 0.320 e. The molecule has 0 saturated carbocycles. The van der Waals surface area contributed by atoms with Gasteiger partial charge in [0.05, 0.1) is 12.2 Å². The average Bonchev–Trinajstić information content (AvgIpc) is 2.63. The highest BCUT2D eigenvalue weighted by molar-refractivity contribution is 7.10. The number of hydrogen-bond acceptors (Lipinski definition) is 3. The van der Waals surface area contributed by atoms with Crippen LogP contribution < -0.4 is 5.73 Å². The lowest BCUT2D eigenvalue weighted by atomic mass is 10.0. The van der Waals surface area contributed by atoms with E-state index in [0.29, 0.717) is 5.56 Å². The predicted octanol–water partition coefficient (Wildman–Crippen LogP) is 2.64. The van der Waals surface area contributed by atoms with Gasteiger partial charge in [0, 0.05) is 11.1 Å². The van der Waals surface area contributed by atoms with Crippen LogP contribution in [0.5, 0.6) is 0 Å². The van der Waals surface area contributed by atoms with Gasteiger partial charge in [0.1, 0.15) is 5.82 Å². The van der Waals surface area contributed by atoms with Crippen molar-refractivity contribution < 1.29 is 4.39 Å². The zero-order valence-electron chi connectivity index (χ0n) is 8.27. The van der Waals surface area contributed by atoms with Crippen molar-refractivity contribution in [2.45, 2.75) is 13.0 Å². The van der Waals surface area contributed by atoms with E-state index in [1.54, 1.807) is 17.5 Å². The monoisotopic (exact) mass is 222 g/mol. The normalized spacial score (nSPS) is 12.7. The SMILES string of the molecule is Cc1sccc1C(N)c1cncc(F)c1. The fourth-order valence-corrected chi connectivity index (χ4v) is 2.25. The van der Waals surface area contributed by atoms with E-state index >= 15 is 0 Å². The molecule has 2 aromatic rings. The van der Waals surface area contributed by atoms with E-state index in [9.17, 15) is 4.39 Å². The van der Waals surface area contributed by atoms with Gasteiger partial charge in [0.25, 0.3) is 0 Å². The number of halogens is 1. The van der Waals surface area contributed by atoms with Crippen LogP contribution in [0.4, 0.5) is 4.39 Å². The van der Waals surface area contributed by atoms with Gasteiger partial charge in [-0.15, -0.1) is 11.3 Å². The van der Waals surface area contributed by atoms with Crippen LogP contribution in [-0.2, 0) is 0 Å². The Morgan fingerprint density at radius 1 is 1.47 bits per heavy atom. The second kappa shape index (κ2) is 4.08. The van der Waals surface area contributed by atoms with Crippen LogP contribution in [0.3, 0.4) is 0 Å². The molecule has 2 aromatic heterocycles. The van der Waals surface area contributed by atoms with Gasteiger partial charge in [-0.25, -0.2) is 4.39 Å². The highest BCUT2D eigenvalue weighted by Gasteiger charge is 2.12. The molecule has 0 bridgehead atoms. The van der Waals surface area contributed by atoms with Crippen molar-refractivity contribution in [2.24, 2.45) is 5.73 Å². The number of nitrogens with two attached hydrogens (primary N) is 1. The van der Waals surface area contributed by atoms with E-state index in [1.165, 1.54) is 12.3 Å². The third-order valence-electron chi connectivity index (χ3n) is 2.32. The van der Waals surface area contributed by atoms with Crippen molar-refractivity contribution in [3.8, 4) is 0 Å². The molecule has 0 aliphatic carbocycles. The first-order chi connectivity index (χ1) is 7.18. The van der Waals surface area contributed by atoms with Crippen LogP contribution in [0.15, 0.2) is 29.9 Å². The predicted molar refractivity (Wildman–Crippen MR) is 59.3 cm³/mol. The number of nitrogens with zero attached hydrogens (tertiary/aromatic N) is 1. The summed E-state index contributed by atoms with van der Waals surface area (Å²) < 4.78 is 13.0. The van der Waals surface area contributed by atoms with E-state index < -0.39 is 0 Å². The minimum Gasteiger partial charge on any atom is -0.320 e. The summed E-state index contributed by atoms with van der Waals surface area (Å²) in [5, 5.41) is 1.98. The third-order valence-corrected chi connectivity index (χ3v) is 3.18. The number of aromatic nitrogens is 1. The summed E-state index contributed by atoms with van der Waals surface area (Å²) in [6.07, 6.45) is 2.78. The smallest absolute Gasteiger partial charge is 0.141 e. The minimum absolute atomic E-state index is 0.292. The first-order valence-corrected chi connectivity index (χ1v) is 5.46. The number of thiophene rings is 1. The molecule has 0 radical (unpaired) electrons. The van der Waals surface area contributed by atoms with Gasteiger partial charge in [0.2, 0.25) is 0 Å². The number of aryl methyl sites for hydroxylation is 1. The molecule has 0 aliphatic rings. The summed E-state index contributed by atoms with van der Waals surface area (Å²) >= 11 is 1.64. The topological polar surface area (TPSA) is 38.9 Å². The molecular formula is C11H11FN2S. The van der Waals surface area contributed by atoms with E-state index in [4.69, 9.17) is 5.73 Å². The Morgan fingerprint density at radius 2 is 2.27 bits per heavy atom. The highest BCUT2D eigenvalue weighted by Crippen LogP contribution is 2.25. The Morgan fingerprint density at radius 3 is 2.87 bits per heavy atom. The van der Waals surface area contributed by atoms with Crippen molar-refractivity contribution in [1.29, 1.82) is 0 Å². The van der Waals surface area contributed by atoms with Crippen molar-refractivity contribution in [1.82, 2.24) is 4.98 Å². The summed E-state index contributed by atoms with van der Waals surface area (Å²) in [5.74, 6) is -0.351. The zero-order chi connectivity index (χ0) is 10.8. The molecule has 1 unspecified atom stereocenters. The molecule has 0 fully saturated rings. The van der Waals surface area contributed by atoms with Gasteiger partial charge < -0.3 is 5.73 Å². The summed E-state index contributed by atoms with van der Waals surface area (Å²) in [5.41, 5.74) is 7.77. The Bertz CT molecular complexity index is 467. The molecular weight excluding hydrogens is 211 g/mol. The van der Waals surface area contributed by atoms with Crippen LogP contribution >= 0.6 is 11.3 Å². The highest BCUT2D eigenvalue weighted by atomic mass is 32.1. The van der Waals surface area contributed by atoms with Crippen LogP contribution in [-0.4, -0.2) is 4.98 Å². The van der Waals surface area contributed by atoms with Gasteiger partial charge in [-0.2, -0.15) is 0 Å². The maximum Gasteiger partial charge on any atom is 0.141 e. The number of hydrogen-bond donors (Lipinski definition) is 1. The summed E-state index contributed by atoms with van der Waals surface area (Å²) in [6.45, 7) is 2.01. The minimum atomic E-state index is -0.351. The second-order valence-corrected chi connectivity index (χ2v) is 4.47. The van der Waals surface area contributed by atoms with Gasteiger partial charge in [-0.3, -0.25) is 4.98 Å². The molecule has 0 aromatic carbocycles. The fraction of sp³-hybridized carbons (Fsp3) is 0.182. The maximum absolute atomic E-state index is 13.0. The Hall–Kier alpha value is -1.26. The average molecular weight is 222 g/mol. The fourth-order valence-electron chi connectivity index (χ4n) is 1.50. The van der Waals surface area contributed by atoms with E-state index in [1.807, 2.05) is 18.4 Å². The molecule has 1 atom stereocenters. The quantitative estimate of drug-likeness (QED) is 0.848. The van der Waals surface area contributed by atoms with Crippen LogP contribution in [0.25, 0.3) is 0 Å². The molecule has 4 heteroatoms. The molecule has 2 heterocycles. The number of pyridine rings is 1. The summed E-state index contributed by atoms with van der Waals surface area (Å²) in [6, 6.07) is 3.10. The van der Waals surface area contributed by atoms with E-state index in [-0.39, 0.29) is 11.9 Å². The van der Waals surface area contributed by atoms with Gasteiger partial charge in [-0.05, 0) is 35.6 Å². The Kier molecular flexibility index (Phi) is 2.79.